The van der Waals surface area contributed by atoms with E-state index in [0.29, 0.717) is 0 Å². The van der Waals surface area contributed by atoms with Crippen LogP contribution in [0.1, 0.15) is 49.8 Å². The van der Waals surface area contributed by atoms with Crippen molar-refractivity contribution in [3.8, 4) is 0 Å². The maximum absolute atomic E-state index is 12.0. The SMILES string of the molecule is CC(C)COC(=O)c1ccc(C(=O)OCC(C)C)c(S(=O)(=O)O)c1.[H-].[Na+]. The van der Waals surface area contributed by atoms with Crippen molar-refractivity contribution in [3.63, 3.8) is 0 Å². The number of rotatable bonds is 7. The minimum absolute atomic E-state index is 0. The van der Waals surface area contributed by atoms with E-state index in [9.17, 15) is 22.6 Å². The van der Waals surface area contributed by atoms with Crippen LogP contribution in [0, 0.1) is 11.8 Å². The zero-order chi connectivity index (χ0) is 18.5. The molecule has 0 aliphatic rings. The maximum Gasteiger partial charge on any atom is 1.00 e. The van der Waals surface area contributed by atoms with E-state index in [0.717, 1.165) is 12.1 Å². The molecule has 0 aliphatic heterocycles. The Morgan fingerprint density at radius 3 is 1.96 bits per heavy atom. The molecule has 0 unspecified atom stereocenters. The van der Waals surface area contributed by atoms with Gasteiger partial charge in [-0.25, -0.2) is 9.59 Å². The summed E-state index contributed by atoms with van der Waals surface area (Å²) < 4.78 is 42.4. The molecule has 0 saturated carbocycles. The first kappa shape index (κ1) is 24.1. The van der Waals surface area contributed by atoms with Gasteiger partial charge < -0.3 is 10.9 Å². The maximum atomic E-state index is 12.0. The predicted octanol–water partition coefficient (Wildman–Crippen LogP) is -0.325. The van der Waals surface area contributed by atoms with Gasteiger partial charge in [0.15, 0.2) is 0 Å². The van der Waals surface area contributed by atoms with Crippen LogP contribution in [0.3, 0.4) is 0 Å². The van der Waals surface area contributed by atoms with Crippen molar-refractivity contribution in [1.82, 2.24) is 0 Å². The van der Waals surface area contributed by atoms with Crippen molar-refractivity contribution in [3.05, 3.63) is 29.3 Å². The average Bonchev–Trinajstić information content (AvgIpc) is 2.48. The quantitative estimate of drug-likeness (QED) is 0.391. The van der Waals surface area contributed by atoms with E-state index in [1.165, 1.54) is 6.07 Å². The summed E-state index contributed by atoms with van der Waals surface area (Å²) in [4.78, 5) is 23.2. The second-order valence-electron chi connectivity index (χ2n) is 6.17. The number of hydrogen-bond acceptors (Lipinski definition) is 6. The van der Waals surface area contributed by atoms with Crippen LogP contribution < -0.4 is 29.6 Å². The average molecular weight is 382 g/mol. The molecule has 1 aromatic carbocycles. The topological polar surface area (TPSA) is 107 Å². The van der Waals surface area contributed by atoms with Crippen LogP contribution >= 0.6 is 0 Å². The van der Waals surface area contributed by atoms with Crippen LogP contribution in [0.4, 0.5) is 0 Å². The Kier molecular flexibility index (Phi) is 9.89. The van der Waals surface area contributed by atoms with Gasteiger partial charge in [-0.15, -0.1) is 0 Å². The summed E-state index contributed by atoms with van der Waals surface area (Å²) in [6.07, 6.45) is 0. The summed E-state index contributed by atoms with van der Waals surface area (Å²) >= 11 is 0. The molecular weight excluding hydrogens is 359 g/mol. The number of esters is 2. The summed E-state index contributed by atoms with van der Waals surface area (Å²) in [6, 6.07) is 3.28. The first-order valence-corrected chi connectivity index (χ1v) is 8.92. The van der Waals surface area contributed by atoms with Crippen LogP contribution in [0.15, 0.2) is 23.1 Å². The van der Waals surface area contributed by atoms with Gasteiger partial charge in [0.05, 0.1) is 24.3 Å². The molecule has 7 nitrogen and oxygen atoms in total. The summed E-state index contributed by atoms with van der Waals surface area (Å²) in [5.41, 5.74) is -0.415. The Morgan fingerprint density at radius 2 is 1.52 bits per heavy atom. The van der Waals surface area contributed by atoms with Gasteiger partial charge >= 0.3 is 41.5 Å². The van der Waals surface area contributed by atoms with Gasteiger partial charge in [0.2, 0.25) is 0 Å². The van der Waals surface area contributed by atoms with Gasteiger partial charge in [-0.3, -0.25) is 4.55 Å². The molecule has 1 rings (SSSR count). The monoisotopic (exact) mass is 382 g/mol. The molecule has 0 fully saturated rings. The van der Waals surface area contributed by atoms with E-state index in [4.69, 9.17) is 9.47 Å². The number of carbonyl (C=O) groups is 2. The molecule has 1 N–H and O–H groups in total. The molecule has 0 aliphatic carbocycles. The molecule has 0 spiro atoms. The third-order valence-corrected chi connectivity index (χ3v) is 3.70. The third kappa shape index (κ3) is 7.87. The normalized spacial score (nSPS) is 11.2. The second-order valence-corrected chi connectivity index (χ2v) is 7.56. The van der Waals surface area contributed by atoms with E-state index in [1.807, 2.05) is 27.7 Å². The molecule has 136 valence electrons. The standard InChI is InChI=1S/C16H22O7S.Na.H/c1-10(2)8-22-15(17)12-5-6-13(14(7-12)24(19,20)21)16(18)23-9-11(3)4;;/h5-7,10-11H,8-9H2,1-4H3,(H,19,20,21);;/q;+1;-1. The van der Waals surface area contributed by atoms with Crippen LogP contribution in [-0.2, 0) is 19.6 Å². The first-order chi connectivity index (χ1) is 11.0. The van der Waals surface area contributed by atoms with Crippen LogP contribution in [0.25, 0.3) is 0 Å². The molecule has 0 atom stereocenters. The fourth-order valence-electron chi connectivity index (χ4n) is 1.68. The van der Waals surface area contributed by atoms with Crippen molar-refractivity contribution in [2.75, 3.05) is 13.2 Å². The molecule has 0 saturated heterocycles. The molecular formula is C16H23NaO7S. The van der Waals surface area contributed by atoms with Gasteiger partial charge in [-0.05, 0) is 30.0 Å². The van der Waals surface area contributed by atoms with Gasteiger partial charge in [0.25, 0.3) is 10.1 Å². The number of hydrogen-bond donors (Lipinski definition) is 1. The Hall–Kier alpha value is -0.930. The van der Waals surface area contributed by atoms with Crippen molar-refractivity contribution in [2.24, 2.45) is 11.8 Å². The molecule has 0 radical (unpaired) electrons. The Balaban J connectivity index is 0. The first-order valence-electron chi connectivity index (χ1n) is 7.48. The molecule has 0 bridgehead atoms. The van der Waals surface area contributed by atoms with Crippen LogP contribution in [0.5, 0.6) is 0 Å². The van der Waals surface area contributed by atoms with Crippen LogP contribution in [-0.4, -0.2) is 38.1 Å². The second kappa shape index (κ2) is 10.3. The summed E-state index contributed by atoms with van der Waals surface area (Å²) in [6.45, 7) is 7.62. The largest absolute Gasteiger partial charge is 1.00 e. The van der Waals surface area contributed by atoms with E-state index < -0.39 is 27.0 Å². The van der Waals surface area contributed by atoms with Crippen molar-refractivity contribution < 1.29 is 63.0 Å². The van der Waals surface area contributed by atoms with Gasteiger partial charge in [-0.1, -0.05) is 27.7 Å². The fraction of sp³-hybridized carbons (Fsp3) is 0.500. The Morgan fingerprint density at radius 1 is 1.04 bits per heavy atom. The summed E-state index contributed by atoms with van der Waals surface area (Å²) in [5, 5.41) is 0. The zero-order valence-corrected chi connectivity index (χ0v) is 17.9. The molecule has 0 aromatic heterocycles. The molecule has 9 heteroatoms. The van der Waals surface area contributed by atoms with Crippen LogP contribution in [0.2, 0.25) is 0 Å². The Bertz CT molecular complexity index is 717. The number of ether oxygens (including phenoxy) is 2. The van der Waals surface area contributed by atoms with E-state index in [1.54, 1.807) is 0 Å². The Labute approximate surface area is 171 Å². The van der Waals surface area contributed by atoms with E-state index >= 15 is 0 Å². The molecule has 0 heterocycles. The van der Waals surface area contributed by atoms with Crippen molar-refractivity contribution >= 4 is 22.1 Å². The van der Waals surface area contributed by atoms with Crippen molar-refractivity contribution in [1.29, 1.82) is 0 Å². The predicted molar refractivity (Wildman–Crippen MR) is 87.6 cm³/mol. The zero-order valence-electron chi connectivity index (χ0n) is 16.1. The smallest absolute Gasteiger partial charge is 1.00 e. The fourth-order valence-corrected chi connectivity index (χ4v) is 2.38. The number of benzene rings is 1. The van der Waals surface area contributed by atoms with Crippen molar-refractivity contribution in [2.45, 2.75) is 32.6 Å². The van der Waals surface area contributed by atoms with Gasteiger partial charge in [0, 0.05) is 0 Å². The van der Waals surface area contributed by atoms with E-state index in [-0.39, 0.29) is 67.2 Å². The summed E-state index contributed by atoms with van der Waals surface area (Å²) in [7, 11) is -4.71. The molecule has 25 heavy (non-hydrogen) atoms. The van der Waals surface area contributed by atoms with Gasteiger partial charge in [-0.2, -0.15) is 8.42 Å². The van der Waals surface area contributed by atoms with Gasteiger partial charge in [0.1, 0.15) is 4.90 Å². The minimum atomic E-state index is -4.71. The molecule has 1 aromatic rings. The minimum Gasteiger partial charge on any atom is -1.00 e. The third-order valence-electron chi connectivity index (χ3n) is 2.81. The van der Waals surface area contributed by atoms with E-state index in [2.05, 4.69) is 0 Å². The molecule has 0 amide bonds. The summed E-state index contributed by atoms with van der Waals surface area (Å²) in [5.74, 6) is -1.46. The number of carbonyl (C=O) groups excluding carboxylic acids is 2.